The Morgan fingerprint density at radius 1 is 0.969 bits per heavy atom. The Bertz CT molecular complexity index is 1220. The van der Waals surface area contributed by atoms with Gasteiger partial charge in [-0.15, -0.1) is 0 Å². The van der Waals surface area contributed by atoms with Gasteiger partial charge in [0, 0.05) is 11.8 Å². The normalized spacial score (nSPS) is 10.6. The number of hydrogen-bond acceptors (Lipinski definition) is 6. The van der Waals surface area contributed by atoms with Gasteiger partial charge in [0.25, 0.3) is 15.9 Å². The van der Waals surface area contributed by atoms with Crippen molar-refractivity contribution < 1.29 is 22.7 Å². The largest absolute Gasteiger partial charge is 0.497 e. The van der Waals surface area contributed by atoms with Gasteiger partial charge in [0.05, 0.1) is 30.2 Å². The third-order valence-electron chi connectivity index (χ3n) is 4.35. The second-order valence-corrected chi connectivity index (χ2v) is 8.36. The number of sulfonamides is 1. The molecule has 164 valence electrons. The minimum atomic E-state index is -3.80. The molecule has 0 aliphatic heterocycles. The SMILES string of the molecule is COc1cccc(NS(=O)(=O)c2ccc(OCC(=O)Nc3ccc(CC#N)cc3)cc2)c1. The minimum Gasteiger partial charge on any atom is -0.497 e. The summed E-state index contributed by atoms with van der Waals surface area (Å²) in [4.78, 5) is 12.1. The molecule has 9 heteroatoms. The summed E-state index contributed by atoms with van der Waals surface area (Å²) in [7, 11) is -2.30. The van der Waals surface area contributed by atoms with Gasteiger partial charge in [0.2, 0.25) is 0 Å². The van der Waals surface area contributed by atoms with Crippen molar-refractivity contribution in [3.8, 4) is 17.6 Å². The van der Waals surface area contributed by atoms with Gasteiger partial charge in [-0.25, -0.2) is 8.42 Å². The molecule has 0 saturated heterocycles. The van der Waals surface area contributed by atoms with Crippen molar-refractivity contribution in [1.29, 1.82) is 5.26 Å². The summed E-state index contributed by atoms with van der Waals surface area (Å²) in [6.45, 7) is -0.242. The summed E-state index contributed by atoms with van der Waals surface area (Å²) in [5.74, 6) is 0.518. The van der Waals surface area contributed by atoms with E-state index in [9.17, 15) is 13.2 Å². The second-order valence-electron chi connectivity index (χ2n) is 6.68. The Balaban J connectivity index is 1.55. The van der Waals surface area contributed by atoms with Crippen LogP contribution in [0.4, 0.5) is 11.4 Å². The van der Waals surface area contributed by atoms with Crippen LogP contribution in [0, 0.1) is 11.3 Å². The highest BCUT2D eigenvalue weighted by Gasteiger charge is 2.15. The van der Waals surface area contributed by atoms with Crippen LogP contribution in [-0.2, 0) is 21.2 Å². The molecule has 32 heavy (non-hydrogen) atoms. The molecule has 0 aliphatic carbocycles. The molecule has 0 radical (unpaired) electrons. The van der Waals surface area contributed by atoms with E-state index >= 15 is 0 Å². The van der Waals surface area contributed by atoms with E-state index in [1.807, 2.05) is 0 Å². The van der Waals surface area contributed by atoms with Crippen molar-refractivity contribution in [2.75, 3.05) is 23.8 Å². The molecule has 0 fully saturated rings. The maximum atomic E-state index is 12.6. The van der Waals surface area contributed by atoms with E-state index in [4.69, 9.17) is 14.7 Å². The highest BCUT2D eigenvalue weighted by Crippen LogP contribution is 2.22. The first-order valence-electron chi connectivity index (χ1n) is 9.55. The van der Waals surface area contributed by atoms with Crippen molar-refractivity contribution in [3.63, 3.8) is 0 Å². The summed E-state index contributed by atoms with van der Waals surface area (Å²) in [6.07, 6.45) is 0.304. The van der Waals surface area contributed by atoms with Crippen LogP contribution in [0.25, 0.3) is 0 Å². The minimum absolute atomic E-state index is 0.0505. The molecule has 2 N–H and O–H groups in total. The van der Waals surface area contributed by atoms with Crippen LogP contribution in [0.5, 0.6) is 11.5 Å². The lowest BCUT2D eigenvalue weighted by Gasteiger charge is -2.11. The fourth-order valence-corrected chi connectivity index (χ4v) is 3.81. The predicted molar refractivity (Wildman–Crippen MR) is 120 cm³/mol. The monoisotopic (exact) mass is 451 g/mol. The third-order valence-corrected chi connectivity index (χ3v) is 5.74. The molecule has 0 bridgehead atoms. The van der Waals surface area contributed by atoms with Crippen LogP contribution in [0.1, 0.15) is 5.56 Å². The van der Waals surface area contributed by atoms with E-state index in [1.54, 1.807) is 48.5 Å². The standard InChI is InChI=1S/C23H21N3O5S/c1-30-21-4-2-3-19(15-21)26-32(28,29)22-11-9-20(10-12-22)31-16-23(27)25-18-7-5-17(6-8-18)13-14-24/h2-12,15,26H,13,16H2,1H3,(H,25,27). The van der Waals surface area contributed by atoms with Gasteiger partial charge in [0.1, 0.15) is 11.5 Å². The van der Waals surface area contributed by atoms with Crippen LogP contribution in [-0.4, -0.2) is 28.0 Å². The Kier molecular flexibility index (Phi) is 7.31. The molecule has 3 aromatic carbocycles. The van der Waals surface area contributed by atoms with Gasteiger partial charge in [-0.2, -0.15) is 5.26 Å². The number of nitriles is 1. The summed E-state index contributed by atoms with van der Waals surface area (Å²) in [5, 5.41) is 11.4. The lowest BCUT2D eigenvalue weighted by atomic mass is 10.1. The first kappa shape index (κ1) is 22.7. The van der Waals surface area contributed by atoms with E-state index in [-0.39, 0.29) is 17.4 Å². The van der Waals surface area contributed by atoms with E-state index < -0.39 is 10.0 Å². The molecule has 0 heterocycles. The third kappa shape index (κ3) is 6.23. The van der Waals surface area contributed by atoms with Crippen LogP contribution in [0.3, 0.4) is 0 Å². The summed E-state index contributed by atoms with van der Waals surface area (Å²) in [6, 6.07) is 21.3. The van der Waals surface area contributed by atoms with Gasteiger partial charge >= 0.3 is 0 Å². The first-order valence-corrected chi connectivity index (χ1v) is 11.0. The van der Waals surface area contributed by atoms with E-state index in [2.05, 4.69) is 16.1 Å². The lowest BCUT2D eigenvalue weighted by Crippen LogP contribution is -2.20. The van der Waals surface area contributed by atoms with Crippen molar-refractivity contribution in [1.82, 2.24) is 0 Å². The van der Waals surface area contributed by atoms with Gasteiger partial charge in [-0.3, -0.25) is 9.52 Å². The van der Waals surface area contributed by atoms with Gasteiger partial charge in [0.15, 0.2) is 6.61 Å². The molecule has 8 nitrogen and oxygen atoms in total. The second kappa shape index (κ2) is 10.3. The van der Waals surface area contributed by atoms with Gasteiger partial charge in [-0.1, -0.05) is 18.2 Å². The summed E-state index contributed by atoms with van der Waals surface area (Å²) in [5.41, 5.74) is 1.82. The van der Waals surface area contributed by atoms with Crippen molar-refractivity contribution in [2.24, 2.45) is 0 Å². The number of anilines is 2. The van der Waals surface area contributed by atoms with Crippen LogP contribution >= 0.6 is 0 Å². The smallest absolute Gasteiger partial charge is 0.262 e. The first-order chi connectivity index (χ1) is 15.4. The molecule has 3 aromatic rings. The average molecular weight is 452 g/mol. The Hall–Kier alpha value is -4.03. The molecular weight excluding hydrogens is 430 g/mol. The van der Waals surface area contributed by atoms with Gasteiger partial charge in [-0.05, 0) is 54.1 Å². The number of nitrogens with one attached hydrogen (secondary N) is 2. The number of nitrogens with zero attached hydrogens (tertiary/aromatic N) is 1. The molecule has 3 rings (SSSR count). The zero-order chi connectivity index (χ0) is 23.0. The molecule has 0 unspecified atom stereocenters. The fourth-order valence-electron chi connectivity index (χ4n) is 2.76. The number of carbonyl (C=O) groups is 1. The molecule has 0 spiro atoms. The maximum absolute atomic E-state index is 12.6. The number of rotatable bonds is 9. The van der Waals surface area contributed by atoms with Crippen LogP contribution < -0.4 is 19.5 Å². The van der Waals surface area contributed by atoms with Gasteiger partial charge < -0.3 is 14.8 Å². The summed E-state index contributed by atoms with van der Waals surface area (Å²) < 4.78 is 38.2. The topological polar surface area (TPSA) is 118 Å². The van der Waals surface area contributed by atoms with Crippen molar-refractivity contribution in [2.45, 2.75) is 11.3 Å². The average Bonchev–Trinajstić information content (AvgIpc) is 2.79. The Morgan fingerprint density at radius 3 is 2.34 bits per heavy atom. The number of ether oxygens (including phenoxy) is 2. The van der Waals surface area contributed by atoms with Crippen LogP contribution in [0.15, 0.2) is 77.7 Å². The van der Waals surface area contributed by atoms with Crippen molar-refractivity contribution in [3.05, 3.63) is 78.4 Å². The van der Waals surface area contributed by atoms with Crippen molar-refractivity contribution >= 4 is 27.3 Å². The number of benzene rings is 3. The zero-order valence-electron chi connectivity index (χ0n) is 17.2. The molecule has 1 amide bonds. The zero-order valence-corrected chi connectivity index (χ0v) is 18.1. The lowest BCUT2D eigenvalue weighted by molar-refractivity contribution is -0.118. The van der Waals surface area contributed by atoms with E-state index in [0.29, 0.717) is 29.3 Å². The quantitative estimate of drug-likeness (QED) is 0.513. The highest BCUT2D eigenvalue weighted by molar-refractivity contribution is 7.92. The van der Waals surface area contributed by atoms with Crippen LogP contribution in [0.2, 0.25) is 0 Å². The Morgan fingerprint density at radius 2 is 1.69 bits per heavy atom. The predicted octanol–water partition coefficient (Wildman–Crippen LogP) is 3.58. The maximum Gasteiger partial charge on any atom is 0.262 e. The fraction of sp³-hybridized carbons (Fsp3) is 0.130. The molecule has 0 aliphatic rings. The van der Waals surface area contributed by atoms with E-state index in [0.717, 1.165) is 5.56 Å². The molecular formula is C23H21N3O5S. The summed E-state index contributed by atoms with van der Waals surface area (Å²) >= 11 is 0. The number of hydrogen-bond donors (Lipinski definition) is 2. The molecule has 0 atom stereocenters. The highest BCUT2D eigenvalue weighted by atomic mass is 32.2. The Labute approximate surface area is 186 Å². The number of methoxy groups -OCH3 is 1. The molecule has 0 aromatic heterocycles. The number of amides is 1. The number of carbonyl (C=O) groups excluding carboxylic acids is 1. The molecule has 0 saturated carbocycles. The van der Waals surface area contributed by atoms with E-state index in [1.165, 1.54) is 31.4 Å².